The molecule has 1 aromatic heterocycles. The van der Waals surface area contributed by atoms with Crippen molar-refractivity contribution >= 4 is 11.7 Å². The van der Waals surface area contributed by atoms with Crippen molar-refractivity contribution in [1.82, 2.24) is 4.98 Å². The van der Waals surface area contributed by atoms with Gasteiger partial charge < -0.3 is 15.2 Å². The maximum absolute atomic E-state index is 11.1. The molecule has 0 aliphatic carbocycles. The zero-order valence-electron chi connectivity index (χ0n) is 10.1. The zero-order valence-corrected chi connectivity index (χ0v) is 10.1. The van der Waals surface area contributed by atoms with E-state index in [2.05, 4.69) is 10.3 Å². The number of methoxy groups -OCH3 is 1. The van der Waals surface area contributed by atoms with Crippen LogP contribution >= 0.6 is 0 Å². The summed E-state index contributed by atoms with van der Waals surface area (Å²) < 4.78 is 4.88. The molecule has 0 aliphatic rings. The van der Waals surface area contributed by atoms with E-state index < -0.39 is 12.0 Å². The number of ether oxygens (including phenoxy) is 1. The Bertz CT molecular complexity index is 442. The first-order valence-corrected chi connectivity index (χ1v) is 5.52. The van der Waals surface area contributed by atoms with Crippen molar-refractivity contribution in [2.75, 3.05) is 19.0 Å². The summed E-state index contributed by atoms with van der Waals surface area (Å²) in [5, 5.41) is 20.6. The van der Waals surface area contributed by atoms with E-state index in [9.17, 15) is 4.79 Å². The van der Waals surface area contributed by atoms with Crippen LogP contribution in [0.2, 0.25) is 0 Å². The second-order valence-electron chi connectivity index (χ2n) is 3.71. The fourth-order valence-electron chi connectivity index (χ4n) is 1.47. The summed E-state index contributed by atoms with van der Waals surface area (Å²) >= 11 is 0. The van der Waals surface area contributed by atoms with Crippen LogP contribution < -0.4 is 5.32 Å². The molecule has 1 unspecified atom stereocenters. The van der Waals surface area contributed by atoms with Crippen LogP contribution in [0.15, 0.2) is 18.3 Å². The molecule has 2 N–H and O–H groups in total. The number of pyridine rings is 1. The van der Waals surface area contributed by atoms with Gasteiger partial charge in [0.1, 0.15) is 17.8 Å². The highest BCUT2D eigenvalue weighted by Gasteiger charge is 2.16. The summed E-state index contributed by atoms with van der Waals surface area (Å²) in [7, 11) is 1.57. The summed E-state index contributed by atoms with van der Waals surface area (Å²) in [6.07, 6.45) is 2.57. The number of anilines is 1. The van der Waals surface area contributed by atoms with E-state index in [0.717, 1.165) is 0 Å². The number of nitrogens with zero attached hydrogens (tertiary/aromatic N) is 2. The van der Waals surface area contributed by atoms with Crippen LogP contribution in [-0.2, 0) is 9.53 Å². The largest absolute Gasteiger partial charge is 0.480 e. The molecule has 0 spiro atoms. The minimum atomic E-state index is -0.929. The van der Waals surface area contributed by atoms with Gasteiger partial charge in [0.05, 0.1) is 0 Å². The van der Waals surface area contributed by atoms with Crippen molar-refractivity contribution in [3.05, 3.63) is 24.0 Å². The number of hydrogen-bond donors (Lipinski definition) is 2. The Morgan fingerprint density at radius 2 is 2.50 bits per heavy atom. The molecule has 1 atom stereocenters. The highest BCUT2D eigenvalue weighted by Crippen LogP contribution is 2.11. The molecule has 1 rings (SSSR count). The third-order valence-electron chi connectivity index (χ3n) is 2.35. The normalized spacial score (nSPS) is 11.6. The molecule has 0 amide bonds. The van der Waals surface area contributed by atoms with Gasteiger partial charge in [-0.2, -0.15) is 5.26 Å². The number of hydrogen-bond acceptors (Lipinski definition) is 5. The molecule has 0 aliphatic heterocycles. The molecule has 6 heteroatoms. The lowest BCUT2D eigenvalue weighted by atomic mass is 10.1. The number of carboxylic acids is 1. The summed E-state index contributed by atoms with van der Waals surface area (Å²) in [4.78, 5) is 14.9. The van der Waals surface area contributed by atoms with Crippen molar-refractivity contribution in [3.8, 4) is 6.07 Å². The second kappa shape index (κ2) is 7.25. The van der Waals surface area contributed by atoms with E-state index in [-0.39, 0.29) is 5.69 Å². The number of aliphatic carboxylic acids is 1. The van der Waals surface area contributed by atoms with Gasteiger partial charge in [-0.1, -0.05) is 0 Å². The Morgan fingerprint density at radius 1 is 1.72 bits per heavy atom. The predicted octanol–water partition coefficient (Wildman–Crippen LogP) is 1.24. The van der Waals surface area contributed by atoms with E-state index in [4.69, 9.17) is 15.1 Å². The average molecular weight is 249 g/mol. The molecule has 0 fully saturated rings. The van der Waals surface area contributed by atoms with Gasteiger partial charge in [-0.25, -0.2) is 9.78 Å². The smallest absolute Gasteiger partial charge is 0.326 e. The molecule has 0 saturated heterocycles. The predicted molar refractivity (Wildman–Crippen MR) is 65.1 cm³/mol. The molecule has 6 nitrogen and oxygen atoms in total. The first-order valence-electron chi connectivity index (χ1n) is 5.52. The quantitative estimate of drug-likeness (QED) is 0.706. The first-order chi connectivity index (χ1) is 8.67. The standard InChI is InChI=1S/C12H15N3O3/c1-18-6-2-3-11(12(16)17)15-9-4-5-14-10(7-9)8-13/h4-5,7,11H,2-3,6H2,1H3,(H,14,15)(H,16,17). The van der Waals surface area contributed by atoms with E-state index in [1.54, 1.807) is 13.2 Å². The monoisotopic (exact) mass is 249 g/mol. The highest BCUT2D eigenvalue weighted by molar-refractivity contribution is 5.77. The van der Waals surface area contributed by atoms with Crippen molar-refractivity contribution in [3.63, 3.8) is 0 Å². The molecule has 1 heterocycles. The van der Waals surface area contributed by atoms with Crippen LogP contribution in [0.25, 0.3) is 0 Å². The fraction of sp³-hybridized carbons (Fsp3) is 0.417. The molecule has 18 heavy (non-hydrogen) atoms. The molecule has 0 aromatic carbocycles. The van der Waals surface area contributed by atoms with E-state index in [1.807, 2.05) is 6.07 Å². The van der Waals surface area contributed by atoms with E-state index in [0.29, 0.717) is 25.1 Å². The van der Waals surface area contributed by atoms with Crippen LogP contribution in [-0.4, -0.2) is 35.8 Å². The van der Waals surface area contributed by atoms with Crippen LogP contribution in [0.3, 0.4) is 0 Å². The molecule has 1 aromatic rings. The lowest BCUT2D eigenvalue weighted by Crippen LogP contribution is -2.29. The second-order valence-corrected chi connectivity index (χ2v) is 3.71. The molecular weight excluding hydrogens is 234 g/mol. The van der Waals surface area contributed by atoms with Crippen LogP contribution in [0.4, 0.5) is 5.69 Å². The Hall–Kier alpha value is -2.13. The fourth-order valence-corrected chi connectivity index (χ4v) is 1.47. The first kappa shape index (κ1) is 13.9. The third kappa shape index (κ3) is 4.39. The van der Waals surface area contributed by atoms with Crippen LogP contribution in [0.5, 0.6) is 0 Å². The Labute approximate surface area is 105 Å². The Balaban J connectivity index is 2.65. The average Bonchev–Trinajstić information content (AvgIpc) is 2.38. The van der Waals surface area contributed by atoms with Gasteiger partial charge in [0.2, 0.25) is 0 Å². The van der Waals surface area contributed by atoms with Crippen LogP contribution in [0.1, 0.15) is 18.5 Å². The lowest BCUT2D eigenvalue weighted by molar-refractivity contribution is -0.138. The number of rotatable bonds is 7. The summed E-state index contributed by atoms with van der Waals surface area (Å²) in [6.45, 7) is 0.519. The minimum Gasteiger partial charge on any atom is -0.480 e. The van der Waals surface area contributed by atoms with Crippen molar-refractivity contribution in [1.29, 1.82) is 5.26 Å². The number of carbonyl (C=O) groups is 1. The van der Waals surface area contributed by atoms with Crippen molar-refractivity contribution in [2.45, 2.75) is 18.9 Å². The summed E-state index contributed by atoms with van der Waals surface area (Å²) in [5.41, 5.74) is 0.826. The maximum Gasteiger partial charge on any atom is 0.326 e. The molecule has 96 valence electrons. The highest BCUT2D eigenvalue weighted by atomic mass is 16.5. The van der Waals surface area contributed by atoms with E-state index >= 15 is 0 Å². The van der Waals surface area contributed by atoms with Gasteiger partial charge in [0.15, 0.2) is 0 Å². The number of nitrogens with one attached hydrogen (secondary N) is 1. The zero-order chi connectivity index (χ0) is 13.4. The summed E-state index contributed by atoms with van der Waals surface area (Å²) in [5.74, 6) is -0.929. The number of nitriles is 1. The van der Waals surface area contributed by atoms with Gasteiger partial charge in [-0.3, -0.25) is 0 Å². The summed E-state index contributed by atoms with van der Waals surface area (Å²) in [6, 6.07) is 4.36. The SMILES string of the molecule is COCCCC(Nc1ccnc(C#N)c1)C(=O)O. The topological polar surface area (TPSA) is 95.2 Å². The van der Waals surface area contributed by atoms with Crippen LogP contribution in [0, 0.1) is 11.3 Å². The number of aromatic nitrogens is 1. The van der Waals surface area contributed by atoms with Gasteiger partial charge in [0.25, 0.3) is 0 Å². The number of carboxylic acid groups (broad SMARTS) is 1. The lowest BCUT2D eigenvalue weighted by Gasteiger charge is -2.15. The van der Waals surface area contributed by atoms with Crippen molar-refractivity contribution < 1.29 is 14.6 Å². The molecule has 0 bridgehead atoms. The van der Waals surface area contributed by atoms with Gasteiger partial charge in [-0.05, 0) is 25.0 Å². The minimum absolute atomic E-state index is 0.251. The van der Waals surface area contributed by atoms with E-state index in [1.165, 1.54) is 12.3 Å². The van der Waals surface area contributed by atoms with Gasteiger partial charge >= 0.3 is 5.97 Å². The molecular formula is C12H15N3O3. The van der Waals surface area contributed by atoms with Crippen molar-refractivity contribution in [2.24, 2.45) is 0 Å². The Kier molecular flexibility index (Phi) is 5.61. The Morgan fingerprint density at radius 3 is 3.11 bits per heavy atom. The van der Waals surface area contributed by atoms with Gasteiger partial charge in [0, 0.05) is 25.6 Å². The maximum atomic E-state index is 11.1. The molecule has 0 radical (unpaired) electrons. The third-order valence-corrected chi connectivity index (χ3v) is 2.35. The molecule has 0 saturated carbocycles. The van der Waals surface area contributed by atoms with Gasteiger partial charge in [-0.15, -0.1) is 0 Å².